The van der Waals surface area contributed by atoms with E-state index in [1.807, 2.05) is 18.3 Å². The average molecular weight is 386 g/mol. The zero-order valence-electron chi connectivity index (χ0n) is 12.9. The van der Waals surface area contributed by atoms with Crippen molar-refractivity contribution in [1.29, 1.82) is 0 Å². The fraction of sp³-hybridized carbons (Fsp3) is 0.312. The van der Waals surface area contributed by atoms with Crippen molar-refractivity contribution in [3.8, 4) is 0 Å². The lowest BCUT2D eigenvalue weighted by Crippen LogP contribution is -2.48. The third-order valence-electron chi connectivity index (χ3n) is 3.99. The van der Waals surface area contributed by atoms with E-state index in [1.165, 1.54) is 22.5 Å². The van der Waals surface area contributed by atoms with Gasteiger partial charge in [0.05, 0.1) is 14.9 Å². The van der Waals surface area contributed by atoms with Crippen LogP contribution in [0.1, 0.15) is 5.56 Å². The number of halogens is 2. The number of rotatable bonds is 4. The summed E-state index contributed by atoms with van der Waals surface area (Å²) in [6.07, 6.45) is 3.57. The van der Waals surface area contributed by atoms with Crippen molar-refractivity contribution in [2.24, 2.45) is 0 Å². The van der Waals surface area contributed by atoms with Gasteiger partial charge in [0, 0.05) is 45.1 Å². The molecule has 0 saturated carbocycles. The summed E-state index contributed by atoms with van der Waals surface area (Å²) in [7, 11) is -3.55. The molecule has 3 rings (SSSR count). The van der Waals surface area contributed by atoms with Gasteiger partial charge in [-0.25, -0.2) is 8.42 Å². The van der Waals surface area contributed by atoms with Crippen molar-refractivity contribution >= 4 is 33.2 Å². The molecule has 0 atom stereocenters. The molecule has 1 aromatic heterocycles. The third kappa shape index (κ3) is 3.90. The van der Waals surface area contributed by atoms with Crippen LogP contribution in [0.2, 0.25) is 10.0 Å². The van der Waals surface area contributed by atoms with E-state index in [-0.39, 0.29) is 9.92 Å². The van der Waals surface area contributed by atoms with Gasteiger partial charge in [0.1, 0.15) is 0 Å². The van der Waals surface area contributed by atoms with Crippen molar-refractivity contribution in [3.05, 3.63) is 58.3 Å². The minimum absolute atomic E-state index is 0.178. The number of pyridine rings is 1. The van der Waals surface area contributed by atoms with E-state index in [2.05, 4.69) is 9.88 Å². The van der Waals surface area contributed by atoms with E-state index in [1.54, 1.807) is 6.20 Å². The highest BCUT2D eigenvalue weighted by molar-refractivity contribution is 7.89. The molecule has 0 amide bonds. The lowest BCUT2D eigenvalue weighted by molar-refractivity contribution is 0.181. The smallest absolute Gasteiger partial charge is 0.243 e. The number of hydrogen-bond donors (Lipinski definition) is 0. The molecule has 1 aromatic carbocycles. The molecule has 8 heteroatoms. The van der Waals surface area contributed by atoms with E-state index >= 15 is 0 Å². The highest BCUT2D eigenvalue weighted by Gasteiger charge is 2.28. The molecule has 1 fully saturated rings. The van der Waals surface area contributed by atoms with E-state index in [4.69, 9.17) is 23.2 Å². The number of aromatic nitrogens is 1. The average Bonchev–Trinajstić information content (AvgIpc) is 2.58. The number of benzene rings is 1. The molecular formula is C16H17Cl2N3O2S. The Morgan fingerprint density at radius 2 is 1.79 bits per heavy atom. The quantitative estimate of drug-likeness (QED) is 0.811. The highest BCUT2D eigenvalue weighted by atomic mass is 35.5. The van der Waals surface area contributed by atoms with Gasteiger partial charge >= 0.3 is 0 Å². The molecule has 0 N–H and O–H groups in total. The molecule has 1 aliphatic heterocycles. The van der Waals surface area contributed by atoms with Crippen LogP contribution in [0, 0.1) is 0 Å². The zero-order valence-corrected chi connectivity index (χ0v) is 15.2. The van der Waals surface area contributed by atoms with Crippen LogP contribution < -0.4 is 0 Å². The van der Waals surface area contributed by atoms with E-state index in [0.29, 0.717) is 31.2 Å². The molecule has 128 valence electrons. The van der Waals surface area contributed by atoms with Gasteiger partial charge in [-0.1, -0.05) is 29.3 Å². The molecule has 0 aliphatic carbocycles. The number of sulfonamides is 1. The first-order chi connectivity index (χ1) is 11.5. The molecule has 24 heavy (non-hydrogen) atoms. The predicted octanol–water partition coefficient (Wildman–Crippen LogP) is 2.89. The van der Waals surface area contributed by atoms with Crippen LogP contribution in [0.25, 0.3) is 0 Å². The fourth-order valence-corrected chi connectivity index (χ4v) is 4.48. The second-order valence-corrected chi connectivity index (χ2v) is 8.37. The van der Waals surface area contributed by atoms with E-state index in [9.17, 15) is 8.42 Å². The van der Waals surface area contributed by atoms with Crippen molar-refractivity contribution in [1.82, 2.24) is 14.2 Å². The molecule has 5 nitrogen and oxygen atoms in total. The molecule has 1 aliphatic rings. The van der Waals surface area contributed by atoms with Gasteiger partial charge in [-0.3, -0.25) is 9.88 Å². The topological polar surface area (TPSA) is 53.5 Å². The standard InChI is InChI=1S/C16H17Cl2N3O2S/c17-15-4-3-14(10-16(15)18)24(22,23)21-8-6-20(7-9-21)12-13-2-1-5-19-11-13/h1-5,10-11H,6-9,12H2. The lowest BCUT2D eigenvalue weighted by atomic mass is 10.2. The van der Waals surface area contributed by atoms with Gasteiger partial charge in [0.15, 0.2) is 0 Å². The van der Waals surface area contributed by atoms with Gasteiger partial charge < -0.3 is 0 Å². The Labute approximate surface area is 151 Å². The van der Waals surface area contributed by atoms with Crippen LogP contribution in [-0.4, -0.2) is 48.8 Å². The van der Waals surface area contributed by atoms with Crippen molar-refractivity contribution in [2.75, 3.05) is 26.2 Å². The van der Waals surface area contributed by atoms with Gasteiger partial charge in [-0.15, -0.1) is 0 Å². The fourth-order valence-electron chi connectivity index (χ4n) is 2.66. The Morgan fingerprint density at radius 1 is 1.04 bits per heavy atom. The normalized spacial score (nSPS) is 17.1. The first kappa shape index (κ1) is 17.6. The Balaban J connectivity index is 1.66. The third-order valence-corrected chi connectivity index (χ3v) is 6.62. The van der Waals surface area contributed by atoms with Gasteiger partial charge in [0.2, 0.25) is 10.0 Å². The van der Waals surface area contributed by atoms with E-state index < -0.39 is 10.0 Å². The lowest BCUT2D eigenvalue weighted by Gasteiger charge is -2.34. The van der Waals surface area contributed by atoms with Crippen molar-refractivity contribution in [2.45, 2.75) is 11.4 Å². The summed E-state index contributed by atoms with van der Waals surface area (Å²) < 4.78 is 26.9. The Hall–Kier alpha value is -1.18. The molecule has 1 saturated heterocycles. The largest absolute Gasteiger partial charge is 0.296 e. The minimum atomic E-state index is -3.55. The van der Waals surface area contributed by atoms with Crippen molar-refractivity contribution in [3.63, 3.8) is 0 Å². The Kier molecular flexibility index (Phi) is 5.42. The summed E-state index contributed by atoms with van der Waals surface area (Å²) >= 11 is 11.8. The van der Waals surface area contributed by atoms with Crippen molar-refractivity contribution < 1.29 is 8.42 Å². The molecule has 2 aromatic rings. The first-order valence-electron chi connectivity index (χ1n) is 7.53. The Morgan fingerprint density at radius 3 is 2.42 bits per heavy atom. The maximum absolute atomic E-state index is 12.7. The highest BCUT2D eigenvalue weighted by Crippen LogP contribution is 2.27. The number of hydrogen-bond acceptors (Lipinski definition) is 4. The number of nitrogens with zero attached hydrogens (tertiary/aromatic N) is 3. The molecule has 0 spiro atoms. The molecule has 0 bridgehead atoms. The van der Waals surface area contributed by atoms with Gasteiger partial charge in [-0.2, -0.15) is 4.31 Å². The summed E-state index contributed by atoms with van der Waals surface area (Å²) in [5.41, 5.74) is 1.12. The monoisotopic (exact) mass is 385 g/mol. The zero-order chi connectivity index (χ0) is 17.2. The van der Waals surface area contributed by atoms with Gasteiger partial charge in [-0.05, 0) is 29.8 Å². The van der Waals surface area contributed by atoms with Gasteiger partial charge in [0.25, 0.3) is 0 Å². The first-order valence-corrected chi connectivity index (χ1v) is 9.73. The Bertz CT molecular complexity index is 807. The number of piperazine rings is 1. The molecule has 0 unspecified atom stereocenters. The maximum Gasteiger partial charge on any atom is 0.243 e. The molecule has 0 radical (unpaired) electrons. The van der Waals surface area contributed by atoms with E-state index in [0.717, 1.165) is 12.1 Å². The maximum atomic E-state index is 12.7. The summed E-state index contributed by atoms with van der Waals surface area (Å²) in [5.74, 6) is 0. The molecule has 2 heterocycles. The second-order valence-electron chi connectivity index (χ2n) is 5.62. The molecular weight excluding hydrogens is 369 g/mol. The van der Waals surface area contributed by atoms with Crippen LogP contribution in [-0.2, 0) is 16.6 Å². The van der Waals surface area contributed by atoms with Crippen LogP contribution in [0.3, 0.4) is 0 Å². The SMILES string of the molecule is O=S(=O)(c1ccc(Cl)c(Cl)c1)N1CCN(Cc2cccnc2)CC1. The van der Waals surface area contributed by atoms with Crippen LogP contribution >= 0.6 is 23.2 Å². The van der Waals surface area contributed by atoms with Crippen LogP contribution in [0.4, 0.5) is 0 Å². The summed E-state index contributed by atoms with van der Waals surface area (Å²) in [6.45, 7) is 3.02. The predicted molar refractivity (Wildman–Crippen MR) is 94.7 cm³/mol. The summed E-state index contributed by atoms with van der Waals surface area (Å²) in [4.78, 5) is 6.50. The summed E-state index contributed by atoms with van der Waals surface area (Å²) in [5, 5.41) is 0.588. The second kappa shape index (κ2) is 7.37. The van der Waals surface area contributed by atoms with Crippen LogP contribution in [0.15, 0.2) is 47.6 Å². The summed E-state index contributed by atoms with van der Waals surface area (Å²) in [6, 6.07) is 8.33. The van der Waals surface area contributed by atoms with Crippen LogP contribution in [0.5, 0.6) is 0 Å². The minimum Gasteiger partial charge on any atom is -0.296 e.